The third-order valence-corrected chi connectivity index (χ3v) is 6.56. The molecule has 1 heterocycles. The first-order chi connectivity index (χ1) is 12.8. The Morgan fingerprint density at radius 2 is 2.15 bits per heavy atom. The predicted molar refractivity (Wildman–Crippen MR) is 109 cm³/mol. The zero-order valence-electron chi connectivity index (χ0n) is 14.4. The van der Waals surface area contributed by atoms with E-state index in [1.807, 2.05) is 6.26 Å². The van der Waals surface area contributed by atoms with Crippen LogP contribution in [0.5, 0.6) is 0 Å². The summed E-state index contributed by atoms with van der Waals surface area (Å²) in [5.41, 5.74) is 0.659. The fourth-order valence-electron chi connectivity index (χ4n) is 3.52. The van der Waals surface area contributed by atoms with Gasteiger partial charge in [-0.05, 0) is 42.4 Å². The number of benzene rings is 1. The zero-order valence-corrected chi connectivity index (χ0v) is 18.3. The summed E-state index contributed by atoms with van der Waals surface area (Å²) in [6.45, 7) is -0.364. The van der Waals surface area contributed by atoms with Gasteiger partial charge in [-0.1, -0.05) is 50.9 Å². The molecule has 144 valence electrons. The fraction of sp³-hybridized carbons (Fsp3) is 0.389. The summed E-state index contributed by atoms with van der Waals surface area (Å²) >= 11 is 17.3. The maximum Gasteiger partial charge on any atom is 0.188 e. The van der Waals surface area contributed by atoms with Crippen molar-refractivity contribution in [1.82, 2.24) is 9.97 Å². The zero-order chi connectivity index (χ0) is 19.8. The number of aliphatic hydroxyl groups excluding tert-OH is 1. The van der Waals surface area contributed by atoms with Crippen LogP contribution >= 0.6 is 50.9 Å². The van der Waals surface area contributed by atoms with Crippen molar-refractivity contribution >= 4 is 57.2 Å². The minimum atomic E-state index is -1.51. The van der Waals surface area contributed by atoms with E-state index in [-0.39, 0.29) is 18.2 Å². The van der Waals surface area contributed by atoms with Crippen LogP contribution in [-0.4, -0.2) is 32.7 Å². The Hall–Kier alpha value is -0.700. The van der Waals surface area contributed by atoms with Crippen molar-refractivity contribution in [3.63, 3.8) is 0 Å². The quantitative estimate of drug-likeness (QED) is 0.285. The molecule has 0 saturated carbocycles. The molecule has 2 unspecified atom stereocenters. The van der Waals surface area contributed by atoms with E-state index in [1.54, 1.807) is 12.1 Å². The number of aliphatic hydroxyl groups is 2. The van der Waals surface area contributed by atoms with E-state index < -0.39 is 11.5 Å². The normalized spacial score (nSPS) is 21.8. The van der Waals surface area contributed by atoms with Gasteiger partial charge in [0.1, 0.15) is 17.0 Å². The summed E-state index contributed by atoms with van der Waals surface area (Å²) in [5, 5.41) is 22.5. The van der Waals surface area contributed by atoms with Crippen LogP contribution in [0.4, 0.5) is 0 Å². The van der Waals surface area contributed by atoms with E-state index in [4.69, 9.17) is 23.2 Å². The van der Waals surface area contributed by atoms with Crippen LogP contribution in [0.15, 0.2) is 21.8 Å². The summed E-state index contributed by atoms with van der Waals surface area (Å²) in [6, 6.07) is 3.56. The van der Waals surface area contributed by atoms with Crippen molar-refractivity contribution in [2.45, 2.75) is 36.6 Å². The van der Waals surface area contributed by atoms with E-state index >= 15 is 0 Å². The Balaban J connectivity index is 2.18. The lowest BCUT2D eigenvalue weighted by atomic mass is 9.69. The van der Waals surface area contributed by atoms with Gasteiger partial charge in [0.15, 0.2) is 5.16 Å². The number of carbonyl (C=O) groups excluding carboxylic acids is 1. The number of carbonyl (C=O) groups is 1. The molecule has 3 rings (SSSR count). The molecule has 2 aromatic rings. The average Bonchev–Trinajstić information content (AvgIpc) is 2.62. The minimum Gasteiger partial charge on any atom is -0.391 e. The van der Waals surface area contributed by atoms with Gasteiger partial charge in [-0.25, -0.2) is 9.97 Å². The summed E-state index contributed by atoms with van der Waals surface area (Å²) in [4.78, 5) is 20.3. The molecule has 2 atom stereocenters. The highest BCUT2D eigenvalue weighted by Gasteiger charge is 2.44. The number of nitrogens with zero attached hydrogens (tertiary/aromatic N) is 2. The molecule has 27 heavy (non-hydrogen) atoms. The SMILES string of the molecule is CSc1nc(Cl)c(CO)c(CC2(O)c3cc(Br)cc(Cl)c3CCC2C=O)n1. The molecule has 9 heteroatoms. The molecule has 0 bridgehead atoms. The Morgan fingerprint density at radius 3 is 2.78 bits per heavy atom. The molecule has 0 aliphatic heterocycles. The highest BCUT2D eigenvalue weighted by molar-refractivity contribution is 9.10. The lowest BCUT2D eigenvalue weighted by Gasteiger charge is -2.39. The molecule has 1 aliphatic carbocycles. The third kappa shape index (κ3) is 3.91. The monoisotopic (exact) mass is 490 g/mol. The number of aromatic nitrogens is 2. The van der Waals surface area contributed by atoms with Gasteiger partial charge in [0.2, 0.25) is 0 Å². The van der Waals surface area contributed by atoms with Crippen LogP contribution in [0, 0.1) is 5.92 Å². The molecule has 1 aromatic heterocycles. The van der Waals surface area contributed by atoms with Crippen LogP contribution in [0.1, 0.15) is 28.8 Å². The molecule has 0 spiro atoms. The number of hydrogen-bond acceptors (Lipinski definition) is 6. The number of halogens is 3. The maximum absolute atomic E-state index is 11.8. The van der Waals surface area contributed by atoms with Crippen molar-refractivity contribution in [3.05, 3.63) is 49.2 Å². The summed E-state index contributed by atoms with van der Waals surface area (Å²) < 4.78 is 0.712. The second kappa shape index (κ2) is 8.35. The van der Waals surface area contributed by atoms with Gasteiger partial charge in [0, 0.05) is 27.4 Å². The smallest absolute Gasteiger partial charge is 0.188 e. The fourth-order valence-corrected chi connectivity index (χ4v) is 5.10. The first kappa shape index (κ1) is 21.0. The molecule has 5 nitrogen and oxygen atoms in total. The molecular weight excluding hydrogens is 475 g/mol. The lowest BCUT2D eigenvalue weighted by molar-refractivity contribution is -0.122. The van der Waals surface area contributed by atoms with Gasteiger partial charge in [0.25, 0.3) is 0 Å². The van der Waals surface area contributed by atoms with Gasteiger partial charge >= 0.3 is 0 Å². The molecule has 0 fully saturated rings. The van der Waals surface area contributed by atoms with E-state index in [1.165, 1.54) is 11.8 Å². The average molecular weight is 492 g/mol. The van der Waals surface area contributed by atoms with Crippen molar-refractivity contribution < 1.29 is 15.0 Å². The third-order valence-electron chi connectivity index (χ3n) is 4.91. The van der Waals surface area contributed by atoms with Gasteiger partial charge in [0.05, 0.1) is 12.3 Å². The molecule has 0 radical (unpaired) electrons. The molecular formula is C18H17BrCl2N2O3S. The van der Waals surface area contributed by atoms with Crippen molar-refractivity contribution in [1.29, 1.82) is 0 Å². The number of aldehydes is 1. The second-order valence-corrected chi connectivity index (χ2v) is 8.83. The standard InChI is InChI=1S/C18H17BrCl2N2O3S/c1-27-17-22-15(12(8-25)16(21)23-17)6-18(26)9(7-24)2-3-11-13(18)4-10(19)5-14(11)20/h4-5,7,9,25-26H,2-3,6,8H2,1H3. The Morgan fingerprint density at radius 1 is 1.41 bits per heavy atom. The van der Waals surface area contributed by atoms with Gasteiger partial charge in [-0.3, -0.25) is 0 Å². The molecule has 0 saturated heterocycles. The maximum atomic E-state index is 11.8. The highest BCUT2D eigenvalue weighted by Crippen LogP contribution is 2.45. The molecule has 2 N–H and O–H groups in total. The Labute approximate surface area is 179 Å². The van der Waals surface area contributed by atoms with Crippen LogP contribution in [0.2, 0.25) is 10.2 Å². The largest absolute Gasteiger partial charge is 0.391 e. The van der Waals surface area contributed by atoms with Crippen molar-refractivity contribution in [2.75, 3.05) is 6.26 Å². The molecule has 1 aromatic carbocycles. The number of rotatable bonds is 5. The van der Waals surface area contributed by atoms with Crippen LogP contribution < -0.4 is 0 Å². The first-order valence-electron chi connectivity index (χ1n) is 8.20. The van der Waals surface area contributed by atoms with Gasteiger partial charge in [-0.15, -0.1) is 0 Å². The first-order valence-corrected chi connectivity index (χ1v) is 11.0. The topological polar surface area (TPSA) is 83.3 Å². The van der Waals surface area contributed by atoms with Gasteiger partial charge in [-0.2, -0.15) is 0 Å². The van der Waals surface area contributed by atoms with Crippen molar-refractivity contribution in [2.24, 2.45) is 5.92 Å². The molecule has 0 amide bonds. The lowest BCUT2D eigenvalue weighted by Crippen LogP contribution is -2.43. The van der Waals surface area contributed by atoms with Crippen LogP contribution in [0.3, 0.4) is 0 Å². The summed E-state index contributed by atoms with van der Waals surface area (Å²) in [7, 11) is 0. The highest BCUT2D eigenvalue weighted by atomic mass is 79.9. The van der Waals surface area contributed by atoms with Crippen LogP contribution in [-0.2, 0) is 29.8 Å². The Bertz CT molecular complexity index is 899. The van der Waals surface area contributed by atoms with E-state index in [2.05, 4.69) is 25.9 Å². The summed E-state index contributed by atoms with van der Waals surface area (Å²) in [6.07, 6.45) is 3.66. The minimum absolute atomic E-state index is 0.0158. The number of fused-ring (bicyclic) bond motifs is 1. The van der Waals surface area contributed by atoms with Crippen molar-refractivity contribution in [3.8, 4) is 0 Å². The van der Waals surface area contributed by atoms with Crippen LogP contribution in [0.25, 0.3) is 0 Å². The second-order valence-electron chi connectivity index (χ2n) is 6.38. The number of hydrogen-bond donors (Lipinski definition) is 2. The summed E-state index contributed by atoms with van der Waals surface area (Å²) in [5.74, 6) is -0.631. The van der Waals surface area contributed by atoms with E-state index in [9.17, 15) is 15.0 Å². The predicted octanol–water partition coefficient (Wildman–Crippen LogP) is 3.95. The van der Waals surface area contributed by atoms with Gasteiger partial charge < -0.3 is 15.0 Å². The van der Waals surface area contributed by atoms with E-state index in [0.717, 1.165) is 11.8 Å². The Kier molecular flexibility index (Phi) is 6.50. The number of thioether (sulfide) groups is 1. The van der Waals surface area contributed by atoms with E-state index in [0.29, 0.717) is 44.3 Å². The molecule has 1 aliphatic rings.